The number of hydrogen-bond acceptors (Lipinski definition) is 6. The highest BCUT2D eigenvalue weighted by atomic mass is 35.5. The van der Waals surface area contributed by atoms with E-state index in [2.05, 4.69) is 16.6 Å². The van der Waals surface area contributed by atoms with Crippen LogP contribution < -0.4 is 0 Å². The number of furan rings is 1. The predicted molar refractivity (Wildman–Crippen MR) is 146 cm³/mol. The van der Waals surface area contributed by atoms with E-state index in [1.165, 1.54) is 23.1 Å². The summed E-state index contributed by atoms with van der Waals surface area (Å²) in [5.74, 6) is 0.910. The van der Waals surface area contributed by atoms with E-state index in [0.717, 1.165) is 11.3 Å². The van der Waals surface area contributed by atoms with Gasteiger partial charge in [0.1, 0.15) is 11.5 Å². The lowest BCUT2D eigenvalue weighted by Crippen LogP contribution is -2.29. The maximum Gasteiger partial charge on any atom is 0.267 e. The van der Waals surface area contributed by atoms with Crippen molar-refractivity contribution in [3.05, 3.63) is 99.4 Å². The van der Waals surface area contributed by atoms with Crippen molar-refractivity contribution < 1.29 is 9.21 Å². The molecule has 1 aliphatic rings. The highest BCUT2D eigenvalue weighted by Gasteiger charge is 2.33. The van der Waals surface area contributed by atoms with Gasteiger partial charge in [0.05, 0.1) is 15.6 Å². The predicted octanol–water partition coefficient (Wildman–Crippen LogP) is 8.17. The van der Waals surface area contributed by atoms with E-state index in [4.69, 9.17) is 27.6 Å². The van der Waals surface area contributed by atoms with Crippen LogP contribution in [0.15, 0.2) is 93.0 Å². The Morgan fingerprint density at radius 1 is 1.11 bits per heavy atom. The van der Waals surface area contributed by atoms with Crippen molar-refractivity contribution in [1.29, 1.82) is 0 Å². The van der Waals surface area contributed by atoms with Gasteiger partial charge in [-0.05, 0) is 42.1 Å². The van der Waals surface area contributed by atoms with Crippen LogP contribution in [0.3, 0.4) is 0 Å². The number of aromatic nitrogens is 1. The van der Waals surface area contributed by atoms with Gasteiger partial charge >= 0.3 is 0 Å². The second-order valence-corrected chi connectivity index (χ2v) is 10.1. The van der Waals surface area contributed by atoms with Crippen LogP contribution >= 0.6 is 46.3 Å². The molecule has 0 unspecified atom stereocenters. The summed E-state index contributed by atoms with van der Waals surface area (Å²) in [6.45, 7) is 4.11. The number of thiazole rings is 1. The summed E-state index contributed by atoms with van der Waals surface area (Å²) in [5.41, 5.74) is 2.54. The number of carbonyl (C=O) groups is 1. The maximum absolute atomic E-state index is 13.1. The summed E-state index contributed by atoms with van der Waals surface area (Å²) in [7, 11) is 0. The Labute approximate surface area is 220 Å². The number of amidine groups is 1. The number of thioether (sulfide) groups is 1. The number of carbonyl (C=O) groups excluding carboxylic acids is 1. The Balaban J connectivity index is 1.42. The monoisotopic (exact) mass is 537 g/mol. The van der Waals surface area contributed by atoms with Crippen molar-refractivity contribution in [2.24, 2.45) is 4.99 Å². The number of benzene rings is 2. The van der Waals surface area contributed by atoms with Crippen molar-refractivity contribution in [3.8, 4) is 22.6 Å². The second-order valence-electron chi connectivity index (χ2n) is 7.42. The van der Waals surface area contributed by atoms with Crippen LogP contribution in [0, 0.1) is 0 Å². The minimum absolute atomic E-state index is 0.174. The molecular weight excluding hydrogens is 521 g/mol. The highest BCUT2D eigenvalue weighted by Crippen LogP contribution is 2.37. The Morgan fingerprint density at radius 2 is 1.94 bits per heavy atom. The molecule has 3 heterocycles. The second kappa shape index (κ2) is 10.3. The molecule has 5 nitrogen and oxygen atoms in total. The number of halogens is 2. The zero-order chi connectivity index (χ0) is 24.4. The molecule has 0 N–H and O–H groups in total. The first-order valence-electron chi connectivity index (χ1n) is 10.5. The molecule has 4 aromatic rings. The zero-order valence-electron chi connectivity index (χ0n) is 18.2. The lowest BCUT2D eigenvalue weighted by Gasteiger charge is -2.11. The lowest BCUT2D eigenvalue weighted by atomic mass is 10.2. The molecule has 0 atom stereocenters. The minimum Gasteiger partial charge on any atom is -0.457 e. The molecule has 0 saturated carbocycles. The molecule has 9 heteroatoms. The van der Waals surface area contributed by atoms with Crippen LogP contribution in [0.25, 0.3) is 28.7 Å². The van der Waals surface area contributed by atoms with Crippen LogP contribution in [-0.2, 0) is 4.79 Å². The van der Waals surface area contributed by atoms with E-state index in [1.807, 2.05) is 35.7 Å². The van der Waals surface area contributed by atoms with Gasteiger partial charge in [0.2, 0.25) is 5.13 Å². The van der Waals surface area contributed by atoms with E-state index in [0.29, 0.717) is 48.9 Å². The van der Waals surface area contributed by atoms with E-state index in [1.54, 1.807) is 47.4 Å². The molecule has 1 aliphatic heterocycles. The lowest BCUT2D eigenvalue weighted by molar-refractivity contribution is -0.121. The molecule has 0 aliphatic carbocycles. The molecule has 1 saturated heterocycles. The first-order chi connectivity index (χ1) is 17.0. The van der Waals surface area contributed by atoms with E-state index < -0.39 is 0 Å². The number of aliphatic imine (C=N–C) groups is 1. The summed E-state index contributed by atoms with van der Waals surface area (Å²) in [6, 6.07) is 18.6. The SMILES string of the molecule is C=CCN1C(=O)/C(=C\c2ccc(-c3cc(Cl)ccc3Cl)o2)S/C1=N/c1nc(-c2ccccc2)cs1. The van der Waals surface area contributed by atoms with E-state index in [-0.39, 0.29) is 5.91 Å². The molecule has 0 spiro atoms. The largest absolute Gasteiger partial charge is 0.457 e. The fraction of sp³-hybridized carbons (Fsp3) is 0.0385. The Kier molecular flexibility index (Phi) is 6.92. The van der Waals surface area contributed by atoms with Crippen molar-refractivity contribution >= 4 is 68.6 Å². The molecular formula is C26H17Cl2N3O2S2. The molecule has 0 bridgehead atoms. The normalized spacial score (nSPS) is 15.9. The summed E-state index contributed by atoms with van der Waals surface area (Å²) in [4.78, 5) is 24.5. The topological polar surface area (TPSA) is 58.7 Å². The van der Waals surface area contributed by atoms with Crippen LogP contribution in [0.2, 0.25) is 10.0 Å². The molecule has 0 radical (unpaired) electrons. The molecule has 174 valence electrons. The van der Waals surface area contributed by atoms with Gasteiger partial charge in [-0.3, -0.25) is 9.69 Å². The average molecular weight is 538 g/mol. The zero-order valence-corrected chi connectivity index (χ0v) is 21.3. The summed E-state index contributed by atoms with van der Waals surface area (Å²) in [5, 5.41) is 4.15. The third kappa shape index (κ3) is 5.13. The van der Waals surface area contributed by atoms with Crippen molar-refractivity contribution in [2.45, 2.75) is 0 Å². The first kappa shape index (κ1) is 23.6. The number of rotatable bonds is 6. The maximum atomic E-state index is 13.1. The van der Waals surface area contributed by atoms with Gasteiger partial charge in [-0.25, -0.2) is 4.98 Å². The number of amides is 1. The van der Waals surface area contributed by atoms with Crippen LogP contribution in [-0.4, -0.2) is 27.5 Å². The van der Waals surface area contributed by atoms with Gasteiger partial charge < -0.3 is 4.42 Å². The van der Waals surface area contributed by atoms with Crippen LogP contribution in [0.1, 0.15) is 5.76 Å². The highest BCUT2D eigenvalue weighted by molar-refractivity contribution is 8.18. The molecule has 5 rings (SSSR count). The van der Waals surface area contributed by atoms with Crippen molar-refractivity contribution in [2.75, 3.05) is 6.54 Å². The van der Waals surface area contributed by atoms with Crippen LogP contribution in [0.4, 0.5) is 5.13 Å². The minimum atomic E-state index is -0.174. The van der Waals surface area contributed by atoms with Gasteiger partial charge in [0.25, 0.3) is 5.91 Å². The number of nitrogens with zero attached hydrogens (tertiary/aromatic N) is 3. The smallest absolute Gasteiger partial charge is 0.267 e. The fourth-order valence-electron chi connectivity index (χ4n) is 3.41. The van der Waals surface area contributed by atoms with Gasteiger partial charge in [-0.1, -0.05) is 59.6 Å². The fourth-order valence-corrected chi connectivity index (χ4v) is 5.52. The Hall–Kier alpha value is -3.10. The van der Waals surface area contributed by atoms with Gasteiger partial charge in [0.15, 0.2) is 5.17 Å². The van der Waals surface area contributed by atoms with E-state index in [9.17, 15) is 4.79 Å². The molecule has 2 aromatic heterocycles. The molecule has 1 fully saturated rings. The van der Waals surface area contributed by atoms with E-state index >= 15 is 0 Å². The quantitative estimate of drug-likeness (QED) is 0.184. The third-order valence-corrected chi connectivity index (χ3v) is 7.35. The molecule has 35 heavy (non-hydrogen) atoms. The standard InChI is InChI=1S/C26H17Cl2N3O2S2/c1-2-12-31-24(32)23(14-18-9-11-22(33-18)19-13-17(27)8-10-20(19)28)35-26(31)30-25-29-21(15-34-25)16-6-4-3-5-7-16/h2-11,13-15H,1,12H2/b23-14+,30-26+. The Bertz CT molecular complexity index is 1470. The first-order valence-corrected chi connectivity index (χ1v) is 12.9. The van der Waals surface area contributed by atoms with Gasteiger partial charge in [0, 0.05) is 34.2 Å². The summed E-state index contributed by atoms with van der Waals surface area (Å²) < 4.78 is 5.94. The van der Waals surface area contributed by atoms with Gasteiger partial charge in [-0.15, -0.1) is 17.9 Å². The summed E-state index contributed by atoms with van der Waals surface area (Å²) in [6.07, 6.45) is 3.37. The van der Waals surface area contributed by atoms with Crippen molar-refractivity contribution in [1.82, 2.24) is 9.88 Å². The average Bonchev–Trinajstić information content (AvgIpc) is 3.59. The third-order valence-electron chi connectivity index (χ3n) is 5.05. The summed E-state index contributed by atoms with van der Waals surface area (Å²) >= 11 is 15.1. The molecule has 2 aromatic carbocycles. The Morgan fingerprint density at radius 3 is 2.74 bits per heavy atom. The molecule has 1 amide bonds. The number of hydrogen-bond donors (Lipinski definition) is 0. The van der Waals surface area contributed by atoms with Crippen LogP contribution in [0.5, 0.6) is 0 Å². The van der Waals surface area contributed by atoms with Crippen molar-refractivity contribution in [3.63, 3.8) is 0 Å². The van der Waals surface area contributed by atoms with Gasteiger partial charge in [-0.2, -0.15) is 4.99 Å².